The van der Waals surface area contributed by atoms with Crippen molar-refractivity contribution in [2.45, 2.75) is 78.1 Å². The summed E-state index contributed by atoms with van der Waals surface area (Å²) in [5.74, 6) is 0. The molecule has 0 aromatic carbocycles. The first-order valence-electron chi connectivity index (χ1n) is 7.76. The number of carbonyl (C=O) groups excluding carboxylic acids is 1. The molecule has 0 aliphatic heterocycles. The molecule has 0 aromatic rings. The fourth-order valence-corrected chi connectivity index (χ4v) is 2.22. The van der Waals surface area contributed by atoms with Gasteiger partial charge < -0.3 is 10.6 Å². The standard InChI is InChI=1S/C15H32N2O/c1-3-5-6-7-8-9-10-11-12-14-17(13-4-2)15(16)18/h3-14H2,1-2H3,(H2,16,18). The average Bonchev–Trinajstić information content (AvgIpc) is 2.35. The predicted octanol–water partition coefficient (Wildman–Crippen LogP) is 4.31. The van der Waals surface area contributed by atoms with Gasteiger partial charge in [0.1, 0.15) is 0 Å². The molecule has 0 rings (SSSR count). The summed E-state index contributed by atoms with van der Waals surface area (Å²) in [7, 11) is 0. The third-order valence-corrected chi connectivity index (χ3v) is 3.34. The number of hydrogen-bond donors (Lipinski definition) is 1. The molecule has 0 heterocycles. The van der Waals surface area contributed by atoms with E-state index in [4.69, 9.17) is 5.73 Å². The minimum Gasteiger partial charge on any atom is -0.351 e. The molecule has 0 unspecified atom stereocenters. The monoisotopic (exact) mass is 256 g/mol. The minimum atomic E-state index is -0.267. The van der Waals surface area contributed by atoms with Crippen molar-refractivity contribution in [1.82, 2.24) is 4.90 Å². The summed E-state index contributed by atoms with van der Waals surface area (Å²) in [6.45, 7) is 5.96. The molecule has 0 fully saturated rings. The molecule has 0 saturated heterocycles. The van der Waals surface area contributed by atoms with Crippen molar-refractivity contribution in [3.05, 3.63) is 0 Å². The van der Waals surface area contributed by atoms with Crippen molar-refractivity contribution in [3.8, 4) is 0 Å². The molecule has 0 aromatic heterocycles. The van der Waals surface area contributed by atoms with Gasteiger partial charge in [-0.1, -0.05) is 65.2 Å². The third kappa shape index (κ3) is 10.4. The van der Waals surface area contributed by atoms with Crippen molar-refractivity contribution in [2.75, 3.05) is 13.1 Å². The molecule has 2 amide bonds. The number of carbonyl (C=O) groups is 1. The van der Waals surface area contributed by atoms with Crippen molar-refractivity contribution in [1.29, 1.82) is 0 Å². The number of rotatable bonds is 12. The van der Waals surface area contributed by atoms with Gasteiger partial charge in [-0.05, 0) is 12.8 Å². The Bertz CT molecular complexity index is 195. The highest BCUT2D eigenvalue weighted by molar-refractivity contribution is 5.71. The van der Waals surface area contributed by atoms with Crippen LogP contribution in [0, 0.1) is 0 Å². The molecule has 0 atom stereocenters. The van der Waals surface area contributed by atoms with Crippen LogP contribution in [0.3, 0.4) is 0 Å². The van der Waals surface area contributed by atoms with Crippen LogP contribution in [-0.2, 0) is 0 Å². The number of unbranched alkanes of at least 4 members (excludes halogenated alkanes) is 8. The molecule has 3 heteroatoms. The lowest BCUT2D eigenvalue weighted by atomic mass is 10.1. The Hall–Kier alpha value is -0.730. The smallest absolute Gasteiger partial charge is 0.314 e. The first-order valence-corrected chi connectivity index (χ1v) is 7.76. The molecule has 0 aliphatic rings. The van der Waals surface area contributed by atoms with E-state index >= 15 is 0 Å². The fraction of sp³-hybridized carbons (Fsp3) is 0.933. The summed E-state index contributed by atoms with van der Waals surface area (Å²) in [6.07, 6.45) is 12.8. The van der Waals surface area contributed by atoms with Gasteiger partial charge in [0, 0.05) is 13.1 Å². The summed E-state index contributed by atoms with van der Waals surface area (Å²) >= 11 is 0. The van der Waals surface area contributed by atoms with E-state index < -0.39 is 0 Å². The van der Waals surface area contributed by atoms with Crippen molar-refractivity contribution < 1.29 is 4.79 Å². The van der Waals surface area contributed by atoms with Crippen LogP contribution in [-0.4, -0.2) is 24.0 Å². The van der Waals surface area contributed by atoms with Crippen LogP contribution in [0.2, 0.25) is 0 Å². The number of hydrogen-bond acceptors (Lipinski definition) is 1. The van der Waals surface area contributed by atoms with E-state index in [-0.39, 0.29) is 6.03 Å². The molecule has 0 radical (unpaired) electrons. The number of amides is 2. The zero-order valence-electron chi connectivity index (χ0n) is 12.4. The fourth-order valence-electron chi connectivity index (χ4n) is 2.22. The van der Waals surface area contributed by atoms with Crippen molar-refractivity contribution in [3.63, 3.8) is 0 Å². The van der Waals surface area contributed by atoms with E-state index in [1.54, 1.807) is 4.90 Å². The Kier molecular flexibility index (Phi) is 12.2. The Morgan fingerprint density at radius 2 is 1.28 bits per heavy atom. The second kappa shape index (κ2) is 12.7. The van der Waals surface area contributed by atoms with Gasteiger partial charge in [-0.2, -0.15) is 0 Å². The largest absolute Gasteiger partial charge is 0.351 e. The zero-order valence-corrected chi connectivity index (χ0v) is 12.4. The predicted molar refractivity (Wildman–Crippen MR) is 78.7 cm³/mol. The lowest BCUT2D eigenvalue weighted by molar-refractivity contribution is 0.206. The van der Waals surface area contributed by atoms with Gasteiger partial charge in [-0.25, -0.2) is 4.79 Å². The van der Waals surface area contributed by atoms with E-state index in [0.717, 1.165) is 25.9 Å². The van der Waals surface area contributed by atoms with Crippen LogP contribution in [0.4, 0.5) is 4.79 Å². The maximum Gasteiger partial charge on any atom is 0.314 e. The summed E-state index contributed by atoms with van der Waals surface area (Å²) in [6, 6.07) is -0.267. The van der Waals surface area contributed by atoms with E-state index in [2.05, 4.69) is 13.8 Å². The molecule has 18 heavy (non-hydrogen) atoms. The molecular formula is C15H32N2O. The highest BCUT2D eigenvalue weighted by Gasteiger charge is 2.06. The molecule has 108 valence electrons. The SMILES string of the molecule is CCCCCCCCCCCN(CCC)C(N)=O. The van der Waals surface area contributed by atoms with Gasteiger partial charge in [0.2, 0.25) is 0 Å². The highest BCUT2D eigenvalue weighted by atomic mass is 16.2. The normalized spacial score (nSPS) is 10.6. The number of nitrogens with zero attached hydrogens (tertiary/aromatic N) is 1. The Labute approximate surface area is 113 Å². The van der Waals surface area contributed by atoms with E-state index in [1.165, 1.54) is 51.4 Å². The van der Waals surface area contributed by atoms with Crippen LogP contribution in [0.15, 0.2) is 0 Å². The Morgan fingerprint density at radius 1 is 0.778 bits per heavy atom. The molecular weight excluding hydrogens is 224 g/mol. The second-order valence-electron chi connectivity index (χ2n) is 5.15. The maximum atomic E-state index is 11.1. The molecule has 0 aliphatic carbocycles. The lowest BCUT2D eigenvalue weighted by Crippen LogP contribution is -2.36. The van der Waals surface area contributed by atoms with Crippen LogP contribution in [0.5, 0.6) is 0 Å². The highest BCUT2D eigenvalue weighted by Crippen LogP contribution is 2.10. The van der Waals surface area contributed by atoms with Crippen molar-refractivity contribution in [2.24, 2.45) is 5.73 Å². The quantitative estimate of drug-likeness (QED) is 0.520. The van der Waals surface area contributed by atoms with Gasteiger partial charge in [-0.15, -0.1) is 0 Å². The summed E-state index contributed by atoms with van der Waals surface area (Å²) < 4.78 is 0. The number of primary amides is 1. The van der Waals surface area contributed by atoms with Gasteiger partial charge in [0.15, 0.2) is 0 Å². The zero-order chi connectivity index (χ0) is 13.6. The average molecular weight is 256 g/mol. The first-order chi connectivity index (χ1) is 8.72. The van der Waals surface area contributed by atoms with Gasteiger partial charge in [0.05, 0.1) is 0 Å². The maximum absolute atomic E-state index is 11.1. The summed E-state index contributed by atoms with van der Waals surface area (Å²) in [4.78, 5) is 12.9. The molecule has 0 spiro atoms. The van der Waals surface area contributed by atoms with Gasteiger partial charge in [-0.3, -0.25) is 0 Å². The second-order valence-corrected chi connectivity index (χ2v) is 5.15. The summed E-state index contributed by atoms with van der Waals surface area (Å²) in [5.41, 5.74) is 5.32. The van der Waals surface area contributed by atoms with Gasteiger partial charge >= 0.3 is 6.03 Å². The van der Waals surface area contributed by atoms with E-state index in [0.29, 0.717) is 0 Å². The van der Waals surface area contributed by atoms with Crippen LogP contribution in [0.25, 0.3) is 0 Å². The van der Waals surface area contributed by atoms with E-state index in [1.807, 2.05) is 0 Å². The van der Waals surface area contributed by atoms with E-state index in [9.17, 15) is 4.79 Å². The lowest BCUT2D eigenvalue weighted by Gasteiger charge is -2.19. The molecule has 0 bridgehead atoms. The van der Waals surface area contributed by atoms with Crippen LogP contribution >= 0.6 is 0 Å². The Morgan fingerprint density at radius 3 is 1.72 bits per heavy atom. The number of nitrogens with two attached hydrogens (primary N) is 1. The topological polar surface area (TPSA) is 46.3 Å². The first kappa shape index (κ1) is 17.3. The minimum absolute atomic E-state index is 0.267. The molecule has 0 saturated carbocycles. The third-order valence-electron chi connectivity index (χ3n) is 3.34. The van der Waals surface area contributed by atoms with Gasteiger partial charge in [0.25, 0.3) is 0 Å². The Balaban J connectivity index is 3.30. The summed E-state index contributed by atoms with van der Waals surface area (Å²) in [5, 5.41) is 0. The molecule has 3 nitrogen and oxygen atoms in total. The van der Waals surface area contributed by atoms with Crippen LogP contribution < -0.4 is 5.73 Å². The van der Waals surface area contributed by atoms with Crippen molar-refractivity contribution >= 4 is 6.03 Å². The number of urea groups is 1. The molecule has 2 N–H and O–H groups in total. The van der Waals surface area contributed by atoms with Crippen LogP contribution in [0.1, 0.15) is 78.1 Å².